The molecule has 20 heavy (non-hydrogen) atoms. The molecule has 1 aromatic rings. The van der Waals surface area contributed by atoms with Crippen molar-refractivity contribution in [3.05, 3.63) is 23.5 Å². The van der Waals surface area contributed by atoms with E-state index in [4.69, 9.17) is 0 Å². The van der Waals surface area contributed by atoms with Crippen LogP contribution in [0.25, 0.3) is 0 Å². The molecule has 2 fully saturated rings. The van der Waals surface area contributed by atoms with Crippen LogP contribution in [0.2, 0.25) is 0 Å². The van der Waals surface area contributed by atoms with Crippen molar-refractivity contribution in [2.24, 2.45) is 0 Å². The highest BCUT2D eigenvalue weighted by atomic mass is 16.2. The first kappa shape index (κ1) is 13.1. The maximum absolute atomic E-state index is 11.9. The SMILES string of the molecule is Cc1nc([C@H]2CCC(=O)NC2=O)ccc1N1CCCC1. The van der Waals surface area contributed by atoms with Gasteiger partial charge in [0.15, 0.2) is 0 Å². The number of rotatable bonds is 2. The molecular formula is C15H19N3O2. The fourth-order valence-electron chi connectivity index (χ4n) is 3.04. The summed E-state index contributed by atoms with van der Waals surface area (Å²) in [4.78, 5) is 30.0. The van der Waals surface area contributed by atoms with E-state index in [1.165, 1.54) is 18.5 Å². The number of carbonyl (C=O) groups is 2. The predicted octanol–water partition coefficient (Wildman–Crippen LogP) is 1.51. The first-order valence-electron chi connectivity index (χ1n) is 7.21. The van der Waals surface area contributed by atoms with Gasteiger partial charge in [0.1, 0.15) is 0 Å². The average molecular weight is 273 g/mol. The fourth-order valence-corrected chi connectivity index (χ4v) is 3.04. The number of anilines is 1. The summed E-state index contributed by atoms with van der Waals surface area (Å²) in [6.45, 7) is 4.16. The first-order valence-corrected chi connectivity index (χ1v) is 7.21. The van der Waals surface area contributed by atoms with E-state index in [0.717, 1.165) is 24.5 Å². The van der Waals surface area contributed by atoms with E-state index < -0.39 is 0 Å². The Hall–Kier alpha value is -1.91. The Bertz CT molecular complexity index is 550. The van der Waals surface area contributed by atoms with Crippen molar-refractivity contribution in [1.29, 1.82) is 0 Å². The van der Waals surface area contributed by atoms with E-state index in [0.29, 0.717) is 12.8 Å². The second-order valence-electron chi connectivity index (χ2n) is 5.54. The minimum atomic E-state index is -0.293. The summed E-state index contributed by atoms with van der Waals surface area (Å²) in [7, 11) is 0. The Labute approximate surface area is 118 Å². The zero-order chi connectivity index (χ0) is 14.1. The second kappa shape index (κ2) is 5.23. The van der Waals surface area contributed by atoms with Crippen LogP contribution in [0.15, 0.2) is 12.1 Å². The highest BCUT2D eigenvalue weighted by Crippen LogP contribution is 2.28. The number of nitrogens with zero attached hydrogens (tertiary/aromatic N) is 2. The molecular weight excluding hydrogens is 254 g/mol. The lowest BCUT2D eigenvalue weighted by molar-refractivity contribution is -0.134. The Kier molecular flexibility index (Phi) is 3.42. The number of nitrogens with one attached hydrogen (secondary N) is 1. The smallest absolute Gasteiger partial charge is 0.235 e. The Morgan fingerprint density at radius 1 is 1.25 bits per heavy atom. The third-order valence-corrected chi connectivity index (χ3v) is 4.12. The van der Waals surface area contributed by atoms with Gasteiger partial charge >= 0.3 is 0 Å². The monoisotopic (exact) mass is 273 g/mol. The first-order chi connectivity index (χ1) is 9.65. The number of amides is 2. The van der Waals surface area contributed by atoms with Crippen LogP contribution in [0, 0.1) is 6.92 Å². The minimum Gasteiger partial charge on any atom is -0.370 e. The van der Waals surface area contributed by atoms with Crippen molar-refractivity contribution >= 4 is 17.5 Å². The summed E-state index contributed by atoms with van der Waals surface area (Å²) >= 11 is 0. The highest BCUT2D eigenvalue weighted by molar-refractivity contribution is 6.00. The Morgan fingerprint density at radius 3 is 2.65 bits per heavy atom. The van der Waals surface area contributed by atoms with E-state index in [1.807, 2.05) is 13.0 Å². The third-order valence-electron chi connectivity index (χ3n) is 4.12. The largest absolute Gasteiger partial charge is 0.370 e. The summed E-state index contributed by atoms with van der Waals surface area (Å²) in [5, 5.41) is 2.39. The summed E-state index contributed by atoms with van der Waals surface area (Å²) in [5.74, 6) is -0.697. The van der Waals surface area contributed by atoms with Crippen LogP contribution in [0.4, 0.5) is 5.69 Å². The number of imide groups is 1. The molecule has 0 radical (unpaired) electrons. The van der Waals surface area contributed by atoms with E-state index in [2.05, 4.69) is 21.3 Å². The highest BCUT2D eigenvalue weighted by Gasteiger charge is 2.29. The fraction of sp³-hybridized carbons (Fsp3) is 0.533. The molecule has 106 valence electrons. The zero-order valence-electron chi connectivity index (χ0n) is 11.7. The van der Waals surface area contributed by atoms with Crippen LogP contribution in [0.5, 0.6) is 0 Å². The zero-order valence-corrected chi connectivity index (χ0v) is 11.7. The number of aromatic nitrogens is 1. The van der Waals surface area contributed by atoms with Crippen molar-refractivity contribution in [1.82, 2.24) is 10.3 Å². The summed E-state index contributed by atoms with van der Waals surface area (Å²) in [6, 6.07) is 3.99. The predicted molar refractivity (Wildman–Crippen MR) is 75.5 cm³/mol. The van der Waals surface area contributed by atoms with Crippen molar-refractivity contribution < 1.29 is 9.59 Å². The maximum atomic E-state index is 11.9. The van der Waals surface area contributed by atoms with Gasteiger partial charge in [-0.05, 0) is 38.3 Å². The van der Waals surface area contributed by atoms with Gasteiger partial charge in [-0.1, -0.05) is 0 Å². The van der Waals surface area contributed by atoms with Crippen molar-refractivity contribution in [2.45, 2.75) is 38.5 Å². The van der Waals surface area contributed by atoms with Crippen LogP contribution in [-0.2, 0) is 9.59 Å². The van der Waals surface area contributed by atoms with Gasteiger partial charge in [-0.25, -0.2) is 0 Å². The van der Waals surface area contributed by atoms with Gasteiger partial charge < -0.3 is 4.90 Å². The molecule has 0 aromatic carbocycles. The van der Waals surface area contributed by atoms with Gasteiger partial charge in [0, 0.05) is 19.5 Å². The lowest BCUT2D eigenvalue weighted by atomic mass is 9.94. The molecule has 2 aliphatic rings. The summed E-state index contributed by atoms with van der Waals surface area (Å²) in [6.07, 6.45) is 3.41. The quantitative estimate of drug-likeness (QED) is 0.830. The maximum Gasteiger partial charge on any atom is 0.235 e. The lowest BCUT2D eigenvalue weighted by Gasteiger charge is -2.23. The Balaban J connectivity index is 1.83. The van der Waals surface area contributed by atoms with E-state index in [1.54, 1.807) is 0 Å². The van der Waals surface area contributed by atoms with Gasteiger partial charge in [0.2, 0.25) is 11.8 Å². The molecule has 0 unspecified atom stereocenters. The van der Waals surface area contributed by atoms with Crippen molar-refractivity contribution in [2.75, 3.05) is 18.0 Å². The topological polar surface area (TPSA) is 62.3 Å². The second-order valence-corrected chi connectivity index (χ2v) is 5.54. The molecule has 0 aliphatic carbocycles. The van der Waals surface area contributed by atoms with Crippen LogP contribution >= 0.6 is 0 Å². The normalized spacial score (nSPS) is 23.1. The van der Waals surface area contributed by atoms with Gasteiger partial charge in [0.25, 0.3) is 0 Å². The molecule has 0 saturated carbocycles. The third kappa shape index (κ3) is 2.40. The number of hydrogen-bond donors (Lipinski definition) is 1. The lowest BCUT2D eigenvalue weighted by Crippen LogP contribution is -2.39. The molecule has 0 spiro atoms. The number of pyridine rings is 1. The molecule has 2 aliphatic heterocycles. The van der Waals surface area contributed by atoms with Crippen LogP contribution in [-0.4, -0.2) is 29.9 Å². The van der Waals surface area contributed by atoms with Gasteiger partial charge in [-0.2, -0.15) is 0 Å². The Morgan fingerprint density at radius 2 is 2.00 bits per heavy atom. The van der Waals surface area contributed by atoms with Gasteiger partial charge in [-0.3, -0.25) is 19.9 Å². The number of aryl methyl sites for hydroxylation is 1. The standard InChI is InChI=1S/C15H19N3O2/c1-10-13(18-8-2-3-9-18)6-5-12(16-10)11-4-7-14(19)17-15(11)20/h5-6,11H,2-4,7-9H2,1H3,(H,17,19,20)/t11-/m1/s1. The molecule has 3 heterocycles. The molecule has 2 saturated heterocycles. The molecule has 0 bridgehead atoms. The summed E-state index contributed by atoms with van der Waals surface area (Å²) < 4.78 is 0. The van der Waals surface area contributed by atoms with Crippen molar-refractivity contribution in [3.63, 3.8) is 0 Å². The number of carbonyl (C=O) groups excluding carboxylic acids is 2. The number of piperidine rings is 1. The van der Waals surface area contributed by atoms with E-state index >= 15 is 0 Å². The van der Waals surface area contributed by atoms with Crippen molar-refractivity contribution in [3.8, 4) is 0 Å². The number of hydrogen-bond acceptors (Lipinski definition) is 4. The van der Waals surface area contributed by atoms with Crippen LogP contribution in [0.1, 0.15) is 43.0 Å². The minimum absolute atomic E-state index is 0.184. The van der Waals surface area contributed by atoms with Gasteiger partial charge in [-0.15, -0.1) is 0 Å². The van der Waals surface area contributed by atoms with E-state index in [9.17, 15) is 9.59 Å². The molecule has 5 heteroatoms. The summed E-state index contributed by atoms with van der Waals surface area (Å²) in [5.41, 5.74) is 2.91. The average Bonchev–Trinajstić information content (AvgIpc) is 2.92. The van der Waals surface area contributed by atoms with E-state index in [-0.39, 0.29) is 17.7 Å². The van der Waals surface area contributed by atoms with Crippen LogP contribution < -0.4 is 10.2 Å². The molecule has 1 aromatic heterocycles. The van der Waals surface area contributed by atoms with Gasteiger partial charge in [0.05, 0.1) is 23.0 Å². The van der Waals surface area contributed by atoms with Crippen LogP contribution in [0.3, 0.4) is 0 Å². The molecule has 5 nitrogen and oxygen atoms in total. The molecule has 1 atom stereocenters. The molecule has 1 N–H and O–H groups in total. The molecule has 3 rings (SSSR count). The molecule has 2 amide bonds.